The van der Waals surface area contributed by atoms with Gasteiger partial charge in [-0.1, -0.05) is 0 Å². The van der Waals surface area contributed by atoms with E-state index in [4.69, 9.17) is 9.47 Å². The van der Waals surface area contributed by atoms with Crippen LogP contribution in [0.15, 0.2) is 0 Å². The number of amides is 1. The van der Waals surface area contributed by atoms with Crippen LogP contribution in [0.3, 0.4) is 0 Å². The highest BCUT2D eigenvalue weighted by Crippen LogP contribution is 2.51. The first-order valence-electron chi connectivity index (χ1n) is 8.18. The summed E-state index contributed by atoms with van der Waals surface area (Å²) in [5.41, 5.74) is 3.42. The van der Waals surface area contributed by atoms with Crippen molar-refractivity contribution in [3.63, 3.8) is 0 Å². The fourth-order valence-corrected chi connectivity index (χ4v) is 3.99. The third-order valence-corrected chi connectivity index (χ3v) is 5.32. The quantitative estimate of drug-likeness (QED) is 0.823. The van der Waals surface area contributed by atoms with Crippen molar-refractivity contribution in [2.45, 2.75) is 26.5 Å². The highest BCUT2D eigenvalue weighted by molar-refractivity contribution is 5.83. The molecule has 1 aromatic heterocycles. The molecule has 0 N–H and O–H groups in total. The first-order chi connectivity index (χ1) is 10.7. The van der Waals surface area contributed by atoms with E-state index in [1.807, 2.05) is 23.6 Å². The summed E-state index contributed by atoms with van der Waals surface area (Å²) in [7, 11) is 1.98. The average molecular weight is 305 g/mol. The lowest BCUT2D eigenvalue weighted by Gasteiger charge is -2.28. The van der Waals surface area contributed by atoms with Gasteiger partial charge in [0.25, 0.3) is 0 Å². The van der Waals surface area contributed by atoms with Crippen LogP contribution in [-0.2, 0) is 40.9 Å². The molecule has 2 fully saturated rings. The van der Waals surface area contributed by atoms with Crippen LogP contribution in [0.4, 0.5) is 0 Å². The third-order valence-electron chi connectivity index (χ3n) is 5.32. The van der Waals surface area contributed by atoms with E-state index >= 15 is 0 Å². The Morgan fingerprint density at radius 3 is 2.91 bits per heavy atom. The lowest BCUT2D eigenvalue weighted by molar-refractivity contribution is -0.135. The van der Waals surface area contributed by atoms with E-state index in [0.717, 1.165) is 31.9 Å². The molecule has 0 spiro atoms. The van der Waals surface area contributed by atoms with Gasteiger partial charge in [0.2, 0.25) is 5.91 Å². The van der Waals surface area contributed by atoms with Crippen LogP contribution in [0.25, 0.3) is 0 Å². The van der Waals surface area contributed by atoms with Crippen LogP contribution in [-0.4, -0.2) is 47.0 Å². The molecule has 6 heteroatoms. The van der Waals surface area contributed by atoms with Gasteiger partial charge in [0.15, 0.2) is 0 Å². The van der Waals surface area contributed by atoms with E-state index in [0.29, 0.717) is 37.5 Å². The Morgan fingerprint density at radius 1 is 1.41 bits per heavy atom. The zero-order chi connectivity index (χ0) is 15.3. The van der Waals surface area contributed by atoms with E-state index in [2.05, 4.69) is 5.10 Å². The minimum Gasteiger partial charge on any atom is -0.381 e. The SMILES string of the molecule is CCOCc1nn(C)c2c1CN(C(=O)C1[C@H]3COC[C@@H]13)CC2. The van der Waals surface area contributed by atoms with Crippen LogP contribution in [0.1, 0.15) is 23.9 Å². The van der Waals surface area contributed by atoms with Gasteiger partial charge in [-0.05, 0) is 18.8 Å². The standard InChI is InChI=1S/C16H23N3O3/c1-3-21-9-13-10-6-19(5-4-14(10)18(2)17-13)16(20)15-11-7-22-8-12(11)15/h11-12,15H,3-9H2,1-2H3/t11-,12+,15?. The molecule has 1 aliphatic carbocycles. The van der Waals surface area contributed by atoms with Crippen molar-refractivity contribution in [1.82, 2.24) is 14.7 Å². The Bertz CT molecular complexity index is 588. The van der Waals surface area contributed by atoms with Crippen LogP contribution in [0.2, 0.25) is 0 Å². The van der Waals surface area contributed by atoms with E-state index < -0.39 is 0 Å². The summed E-state index contributed by atoms with van der Waals surface area (Å²) in [6.45, 7) is 6.21. The zero-order valence-corrected chi connectivity index (χ0v) is 13.2. The molecular weight excluding hydrogens is 282 g/mol. The number of carbonyl (C=O) groups is 1. The Labute approximate surface area is 130 Å². The maximum absolute atomic E-state index is 12.7. The molecule has 2 aliphatic heterocycles. The predicted molar refractivity (Wildman–Crippen MR) is 78.9 cm³/mol. The fraction of sp³-hybridized carbons (Fsp3) is 0.750. The molecule has 0 aromatic carbocycles. The first kappa shape index (κ1) is 14.2. The van der Waals surface area contributed by atoms with Crippen molar-refractivity contribution in [2.24, 2.45) is 24.8 Å². The number of nitrogens with zero attached hydrogens (tertiary/aromatic N) is 3. The number of ether oxygens (including phenoxy) is 2. The summed E-state index contributed by atoms with van der Waals surface area (Å²) in [6.07, 6.45) is 0.884. The van der Waals surface area contributed by atoms with E-state index in [9.17, 15) is 4.79 Å². The molecule has 0 radical (unpaired) electrons. The smallest absolute Gasteiger partial charge is 0.226 e. The Kier molecular flexibility index (Phi) is 3.46. The Balaban J connectivity index is 1.49. The van der Waals surface area contributed by atoms with E-state index in [-0.39, 0.29) is 5.92 Å². The molecule has 3 atom stereocenters. The van der Waals surface area contributed by atoms with Gasteiger partial charge in [-0.25, -0.2) is 0 Å². The molecule has 3 aliphatic rings. The Morgan fingerprint density at radius 2 is 2.18 bits per heavy atom. The summed E-state index contributed by atoms with van der Waals surface area (Å²) in [5.74, 6) is 1.48. The molecule has 3 heterocycles. The van der Waals surface area contributed by atoms with Crippen LogP contribution >= 0.6 is 0 Å². The van der Waals surface area contributed by atoms with Crippen LogP contribution in [0.5, 0.6) is 0 Å². The molecule has 1 aromatic rings. The van der Waals surface area contributed by atoms with Crippen LogP contribution < -0.4 is 0 Å². The lowest BCUT2D eigenvalue weighted by Crippen LogP contribution is -2.38. The molecular formula is C16H23N3O3. The maximum Gasteiger partial charge on any atom is 0.226 e. The first-order valence-corrected chi connectivity index (χ1v) is 8.18. The number of aromatic nitrogens is 2. The van der Waals surface area contributed by atoms with Gasteiger partial charge >= 0.3 is 0 Å². The van der Waals surface area contributed by atoms with Gasteiger partial charge in [0.05, 0.1) is 25.5 Å². The minimum absolute atomic E-state index is 0.210. The summed E-state index contributed by atoms with van der Waals surface area (Å²) in [6, 6.07) is 0. The zero-order valence-electron chi connectivity index (χ0n) is 13.2. The molecule has 1 amide bonds. The molecule has 1 saturated heterocycles. The van der Waals surface area contributed by atoms with Gasteiger partial charge < -0.3 is 14.4 Å². The number of carbonyl (C=O) groups excluding carboxylic acids is 1. The molecule has 22 heavy (non-hydrogen) atoms. The summed E-state index contributed by atoms with van der Waals surface area (Å²) < 4.78 is 12.9. The number of hydrogen-bond acceptors (Lipinski definition) is 4. The fourth-order valence-electron chi connectivity index (χ4n) is 3.99. The second-order valence-electron chi connectivity index (χ2n) is 6.53. The van der Waals surface area contributed by atoms with Crippen molar-refractivity contribution in [3.8, 4) is 0 Å². The average Bonchev–Trinajstić information content (AvgIpc) is 2.87. The Hall–Kier alpha value is -1.40. The van der Waals surface area contributed by atoms with E-state index in [1.165, 1.54) is 11.3 Å². The number of rotatable bonds is 4. The third kappa shape index (κ3) is 2.16. The lowest BCUT2D eigenvalue weighted by atomic mass is 10.0. The van der Waals surface area contributed by atoms with Crippen LogP contribution in [0, 0.1) is 17.8 Å². The van der Waals surface area contributed by atoms with Gasteiger partial charge in [-0.3, -0.25) is 9.48 Å². The molecule has 6 nitrogen and oxygen atoms in total. The van der Waals surface area contributed by atoms with Gasteiger partial charge in [0.1, 0.15) is 0 Å². The van der Waals surface area contributed by atoms with Crippen molar-refractivity contribution in [3.05, 3.63) is 17.0 Å². The highest BCUT2D eigenvalue weighted by atomic mass is 16.5. The van der Waals surface area contributed by atoms with Crippen molar-refractivity contribution < 1.29 is 14.3 Å². The predicted octanol–water partition coefficient (Wildman–Crippen LogP) is 0.734. The number of aryl methyl sites for hydroxylation is 1. The number of hydrogen-bond donors (Lipinski definition) is 0. The molecule has 1 unspecified atom stereocenters. The van der Waals surface area contributed by atoms with E-state index in [1.54, 1.807) is 0 Å². The highest BCUT2D eigenvalue weighted by Gasteiger charge is 2.59. The minimum atomic E-state index is 0.210. The largest absolute Gasteiger partial charge is 0.381 e. The normalized spacial score (nSPS) is 29.4. The molecule has 1 saturated carbocycles. The summed E-state index contributed by atoms with van der Waals surface area (Å²) in [4.78, 5) is 14.7. The maximum atomic E-state index is 12.7. The molecule has 0 bridgehead atoms. The topological polar surface area (TPSA) is 56.6 Å². The summed E-state index contributed by atoms with van der Waals surface area (Å²) in [5, 5.41) is 4.57. The number of fused-ring (bicyclic) bond motifs is 2. The molecule has 120 valence electrons. The summed E-state index contributed by atoms with van der Waals surface area (Å²) >= 11 is 0. The van der Waals surface area contributed by atoms with Crippen molar-refractivity contribution in [1.29, 1.82) is 0 Å². The van der Waals surface area contributed by atoms with Crippen molar-refractivity contribution in [2.75, 3.05) is 26.4 Å². The van der Waals surface area contributed by atoms with Gasteiger partial charge in [-0.15, -0.1) is 0 Å². The second kappa shape index (κ2) is 5.35. The van der Waals surface area contributed by atoms with Gasteiger partial charge in [-0.2, -0.15) is 5.10 Å². The second-order valence-corrected chi connectivity index (χ2v) is 6.53. The monoisotopic (exact) mass is 305 g/mol. The molecule has 4 rings (SSSR count). The van der Waals surface area contributed by atoms with Gasteiger partial charge in [0, 0.05) is 50.3 Å². The van der Waals surface area contributed by atoms with Crippen molar-refractivity contribution >= 4 is 5.91 Å².